The Balaban J connectivity index is 3.85. The summed E-state index contributed by atoms with van der Waals surface area (Å²) in [6.45, 7) is 3.34. The molecule has 0 fully saturated rings. The summed E-state index contributed by atoms with van der Waals surface area (Å²) in [7, 11) is 0. The van der Waals surface area contributed by atoms with Gasteiger partial charge in [-0.15, -0.1) is 6.58 Å². The van der Waals surface area contributed by atoms with Gasteiger partial charge < -0.3 is 10.2 Å². The molecule has 0 atom stereocenters. The van der Waals surface area contributed by atoms with Crippen LogP contribution < -0.4 is 0 Å². The maximum absolute atomic E-state index is 10.1. The van der Waals surface area contributed by atoms with E-state index in [9.17, 15) is 9.59 Å². The van der Waals surface area contributed by atoms with Crippen LogP contribution in [0.4, 0.5) is 0 Å². The molecule has 0 saturated heterocycles. The van der Waals surface area contributed by atoms with Crippen molar-refractivity contribution >= 4 is 11.9 Å². The number of carboxylic acids is 2. The highest BCUT2D eigenvalue weighted by Gasteiger charge is 2.12. The second-order valence-corrected chi connectivity index (χ2v) is 2.19. The number of hydrogen-bond acceptors (Lipinski definition) is 2. The van der Waals surface area contributed by atoms with E-state index in [0.717, 1.165) is 0 Å². The topological polar surface area (TPSA) is 74.6 Å². The van der Waals surface area contributed by atoms with Crippen molar-refractivity contribution in [3.63, 3.8) is 0 Å². The predicted octanol–water partition coefficient (Wildman–Crippen LogP) is 0.738. The molecule has 2 N–H and O–H groups in total. The van der Waals surface area contributed by atoms with Gasteiger partial charge in [0.15, 0.2) is 0 Å². The molecule has 4 heteroatoms. The third kappa shape index (κ3) is 5.14. The standard InChI is InChI=1S/C7H10O4/c1-2-5(3-6(8)9)4-7(10)11/h2,5H,1,3-4H2,(H,8,9)(H,10,11). The van der Waals surface area contributed by atoms with Crippen molar-refractivity contribution in [3.8, 4) is 0 Å². The Morgan fingerprint density at radius 1 is 1.27 bits per heavy atom. The fourth-order valence-electron chi connectivity index (χ4n) is 0.687. The SMILES string of the molecule is C=CC(CC(=O)O)CC(=O)O. The van der Waals surface area contributed by atoms with Gasteiger partial charge in [0.05, 0.1) is 12.8 Å². The second-order valence-electron chi connectivity index (χ2n) is 2.19. The lowest BCUT2D eigenvalue weighted by Crippen LogP contribution is -2.09. The quantitative estimate of drug-likeness (QED) is 0.578. The van der Waals surface area contributed by atoms with E-state index in [-0.39, 0.29) is 12.8 Å². The van der Waals surface area contributed by atoms with Gasteiger partial charge in [-0.25, -0.2) is 0 Å². The smallest absolute Gasteiger partial charge is 0.303 e. The molecule has 0 aromatic carbocycles. The zero-order valence-electron chi connectivity index (χ0n) is 5.99. The van der Waals surface area contributed by atoms with Crippen LogP contribution in [0.3, 0.4) is 0 Å². The first kappa shape index (κ1) is 9.68. The van der Waals surface area contributed by atoms with Crippen LogP contribution in [0.1, 0.15) is 12.8 Å². The van der Waals surface area contributed by atoms with E-state index in [4.69, 9.17) is 10.2 Å². The van der Waals surface area contributed by atoms with E-state index in [1.807, 2.05) is 0 Å². The molecule has 0 bridgehead atoms. The van der Waals surface area contributed by atoms with Gasteiger partial charge in [0.2, 0.25) is 0 Å². The molecule has 0 amide bonds. The van der Waals surface area contributed by atoms with Crippen LogP contribution in [-0.4, -0.2) is 22.2 Å². The van der Waals surface area contributed by atoms with Crippen LogP contribution >= 0.6 is 0 Å². The minimum Gasteiger partial charge on any atom is -0.481 e. The van der Waals surface area contributed by atoms with Crippen molar-refractivity contribution in [1.29, 1.82) is 0 Å². The van der Waals surface area contributed by atoms with E-state index in [0.29, 0.717) is 0 Å². The van der Waals surface area contributed by atoms with Gasteiger partial charge in [0.25, 0.3) is 0 Å². The average Bonchev–Trinajstić information content (AvgIpc) is 1.84. The zero-order valence-corrected chi connectivity index (χ0v) is 5.99. The summed E-state index contributed by atoms with van der Waals surface area (Å²) in [5.41, 5.74) is 0. The summed E-state index contributed by atoms with van der Waals surface area (Å²) in [6, 6.07) is 0. The minimum absolute atomic E-state index is 0.171. The molecule has 0 aromatic rings. The number of hydrogen-bond donors (Lipinski definition) is 2. The van der Waals surface area contributed by atoms with Crippen molar-refractivity contribution in [3.05, 3.63) is 12.7 Å². The van der Waals surface area contributed by atoms with E-state index in [2.05, 4.69) is 6.58 Å². The Bertz CT molecular complexity index is 157. The molecule has 0 spiro atoms. The molecule has 0 aliphatic carbocycles. The van der Waals surface area contributed by atoms with Crippen LogP contribution in [-0.2, 0) is 9.59 Å². The predicted molar refractivity (Wildman–Crippen MR) is 38.2 cm³/mol. The van der Waals surface area contributed by atoms with Crippen LogP contribution in [0.5, 0.6) is 0 Å². The Kier molecular flexibility index (Phi) is 3.95. The molecule has 0 unspecified atom stereocenters. The fourth-order valence-corrected chi connectivity index (χ4v) is 0.687. The second kappa shape index (κ2) is 4.49. The van der Waals surface area contributed by atoms with E-state index in [1.165, 1.54) is 6.08 Å². The van der Waals surface area contributed by atoms with Gasteiger partial charge in [0, 0.05) is 0 Å². The van der Waals surface area contributed by atoms with Crippen molar-refractivity contribution in [2.75, 3.05) is 0 Å². The number of rotatable bonds is 5. The molecular formula is C7H10O4. The van der Waals surface area contributed by atoms with Crippen molar-refractivity contribution < 1.29 is 19.8 Å². The van der Waals surface area contributed by atoms with Gasteiger partial charge >= 0.3 is 11.9 Å². The first-order valence-electron chi connectivity index (χ1n) is 3.12. The highest BCUT2D eigenvalue weighted by atomic mass is 16.4. The van der Waals surface area contributed by atoms with Crippen molar-refractivity contribution in [2.24, 2.45) is 5.92 Å². The lowest BCUT2D eigenvalue weighted by molar-refractivity contribution is -0.139. The molecular weight excluding hydrogens is 148 g/mol. The third-order valence-corrected chi connectivity index (χ3v) is 1.21. The number of aliphatic carboxylic acids is 2. The lowest BCUT2D eigenvalue weighted by atomic mass is 10.0. The highest BCUT2D eigenvalue weighted by Crippen LogP contribution is 2.08. The number of carbonyl (C=O) groups is 2. The Morgan fingerprint density at radius 2 is 1.64 bits per heavy atom. The van der Waals surface area contributed by atoms with Crippen molar-refractivity contribution in [2.45, 2.75) is 12.8 Å². The van der Waals surface area contributed by atoms with Crippen LogP contribution in [0, 0.1) is 5.92 Å². The zero-order chi connectivity index (χ0) is 8.85. The molecule has 0 heterocycles. The number of allylic oxidation sites excluding steroid dienone is 1. The van der Waals surface area contributed by atoms with Crippen LogP contribution in [0.15, 0.2) is 12.7 Å². The minimum atomic E-state index is -1.00. The molecule has 4 nitrogen and oxygen atoms in total. The van der Waals surface area contributed by atoms with E-state index >= 15 is 0 Å². The van der Waals surface area contributed by atoms with Gasteiger partial charge in [0.1, 0.15) is 0 Å². The van der Waals surface area contributed by atoms with Crippen LogP contribution in [0.25, 0.3) is 0 Å². The maximum atomic E-state index is 10.1. The van der Waals surface area contributed by atoms with E-state index < -0.39 is 17.9 Å². The lowest BCUT2D eigenvalue weighted by Gasteiger charge is -2.04. The molecule has 0 rings (SSSR count). The molecule has 0 radical (unpaired) electrons. The molecule has 0 saturated carbocycles. The highest BCUT2D eigenvalue weighted by molar-refractivity contribution is 5.71. The largest absolute Gasteiger partial charge is 0.481 e. The normalized spacial score (nSPS) is 9.55. The van der Waals surface area contributed by atoms with Crippen molar-refractivity contribution in [1.82, 2.24) is 0 Å². The summed E-state index contributed by atoms with van der Waals surface area (Å²) in [5.74, 6) is -2.47. The van der Waals surface area contributed by atoms with Crippen LogP contribution in [0.2, 0.25) is 0 Å². The van der Waals surface area contributed by atoms with Gasteiger partial charge in [-0.3, -0.25) is 9.59 Å². The third-order valence-electron chi connectivity index (χ3n) is 1.21. The summed E-state index contributed by atoms with van der Waals surface area (Å²) < 4.78 is 0. The van der Waals surface area contributed by atoms with E-state index in [1.54, 1.807) is 0 Å². The monoisotopic (exact) mass is 158 g/mol. The molecule has 0 aliphatic rings. The average molecular weight is 158 g/mol. The Labute approximate surface area is 64.2 Å². The molecule has 62 valence electrons. The fraction of sp³-hybridized carbons (Fsp3) is 0.429. The summed E-state index contributed by atoms with van der Waals surface area (Å²) in [4.78, 5) is 20.2. The number of carboxylic acid groups (broad SMARTS) is 2. The molecule has 0 aliphatic heterocycles. The molecule has 0 aromatic heterocycles. The molecule has 11 heavy (non-hydrogen) atoms. The first-order valence-corrected chi connectivity index (χ1v) is 3.12. The van der Waals surface area contributed by atoms with Gasteiger partial charge in [-0.1, -0.05) is 6.08 Å². The first-order chi connectivity index (χ1) is 5.06. The maximum Gasteiger partial charge on any atom is 0.303 e. The van der Waals surface area contributed by atoms with Gasteiger partial charge in [-0.05, 0) is 5.92 Å². The summed E-state index contributed by atoms with van der Waals surface area (Å²) in [5, 5.41) is 16.6. The Hall–Kier alpha value is -1.32. The Morgan fingerprint density at radius 3 is 1.82 bits per heavy atom. The summed E-state index contributed by atoms with van der Waals surface area (Å²) in [6.07, 6.45) is 1.01. The van der Waals surface area contributed by atoms with Gasteiger partial charge in [-0.2, -0.15) is 0 Å². The summed E-state index contributed by atoms with van der Waals surface area (Å²) >= 11 is 0.